The average molecular weight is 353 g/mol. The Bertz CT molecular complexity index is 246. The lowest BCUT2D eigenvalue weighted by Gasteiger charge is -2.03. The monoisotopic (exact) mass is 352 g/mol. The van der Waals surface area contributed by atoms with Crippen molar-refractivity contribution < 1.29 is 4.74 Å². The largest absolute Gasteiger partial charge is 0.505 e. The molecule has 0 saturated carbocycles. The Labute approximate surface area is 160 Å². The van der Waals surface area contributed by atoms with E-state index in [0.29, 0.717) is 0 Å². The summed E-state index contributed by atoms with van der Waals surface area (Å²) >= 11 is 0. The zero-order valence-electron chi connectivity index (χ0n) is 17.7. The van der Waals surface area contributed by atoms with Crippen molar-refractivity contribution in [3.8, 4) is 0 Å². The molecular formula is C24H48O. The first-order chi connectivity index (χ1) is 12.4. The van der Waals surface area contributed by atoms with E-state index < -0.39 is 0 Å². The fraction of sp³-hybridized carbons (Fsp3) is 0.917. The lowest BCUT2D eigenvalue weighted by atomic mass is 10.0. The van der Waals surface area contributed by atoms with Crippen molar-refractivity contribution in [3.05, 3.63) is 12.3 Å². The molecule has 150 valence electrons. The van der Waals surface area contributed by atoms with E-state index >= 15 is 0 Å². The highest BCUT2D eigenvalue weighted by Gasteiger charge is 1.95. The van der Waals surface area contributed by atoms with Crippen LogP contribution in [0.3, 0.4) is 0 Å². The molecular weight excluding hydrogens is 304 g/mol. The zero-order chi connectivity index (χ0) is 18.3. The molecule has 0 atom stereocenters. The fourth-order valence-corrected chi connectivity index (χ4v) is 3.50. The summed E-state index contributed by atoms with van der Waals surface area (Å²) in [7, 11) is 1.72. The topological polar surface area (TPSA) is 9.23 Å². The number of hydrogen-bond donors (Lipinski definition) is 0. The van der Waals surface area contributed by atoms with Gasteiger partial charge in [0.15, 0.2) is 0 Å². The van der Waals surface area contributed by atoms with Crippen LogP contribution in [0.4, 0.5) is 0 Å². The van der Waals surface area contributed by atoms with E-state index in [9.17, 15) is 0 Å². The molecule has 0 bridgehead atoms. The first kappa shape index (κ1) is 24.5. The van der Waals surface area contributed by atoms with Crippen LogP contribution in [0.2, 0.25) is 0 Å². The van der Waals surface area contributed by atoms with Crippen LogP contribution >= 0.6 is 0 Å². The summed E-state index contributed by atoms with van der Waals surface area (Å²) < 4.78 is 4.90. The van der Waals surface area contributed by atoms with E-state index in [0.717, 1.165) is 0 Å². The van der Waals surface area contributed by atoms with E-state index in [4.69, 9.17) is 4.74 Å². The van der Waals surface area contributed by atoms with Crippen molar-refractivity contribution in [2.24, 2.45) is 0 Å². The Morgan fingerprint density at radius 2 is 0.800 bits per heavy atom. The van der Waals surface area contributed by atoms with Crippen LogP contribution in [0.15, 0.2) is 12.3 Å². The van der Waals surface area contributed by atoms with Crippen molar-refractivity contribution in [2.45, 2.75) is 135 Å². The van der Waals surface area contributed by atoms with Crippen molar-refractivity contribution in [1.29, 1.82) is 0 Å². The van der Waals surface area contributed by atoms with Gasteiger partial charge in [0.1, 0.15) is 0 Å². The Balaban J connectivity index is 2.97. The van der Waals surface area contributed by atoms with Crippen molar-refractivity contribution in [1.82, 2.24) is 0 Å². The molecule has 1 nitrogen and oxygen atoms in total. The van der Waals surface area contributed by atoms with Gasteiger partial charge >= 0.3 is 0 Å². The van der Waals surface area contributed by atoms with Gasteiger partial charge in [-0.15, -0.1) is 0 Å². The number of unbranched alkanes of at least 4 members (excludes halogenated alkanes) is 19. The van der Waals surface area contributed by atoms with Crippen LogP contribution < -0.4 is 0 Å². The summed E-state index contributed by atoms with van der Waals surface area (Å²) in [6.45, 7) is 2.30. The third kappa shape index (κ3) is 23.5. The molecule has 0 fully saturated rings. The number of ether oxygens (including phenoxy) is 1. The molecule has 0 aromatic carbocycles. The van der Waals surface area contributed by atoms with Crippen LogP contribution in [0.25, 0.3) is 0 Å². The van der Waals surface area contributed by atoms with Gasteiger partial charge in [0.25, 0.3) is 0 Å². The molecule has 25 heavy (non-hydrogen) atoms. The highest BCUT2D eigenvalue weighted by molar-refractivity contribution is 4.72. The minimum Gasteiger partial charge on any atom is -0.505 e. The average Bonchev–Trinajstić information content (AvgIpc) is 2.63. The third-order valence-electron chi connectivity index (χ3n) is 5.21. The quantitative estimate of drug-likeness (QED) is 0.148. The first-order valence-electron chi connectivity index (χ1n) is 11.6. The molecule has 1 heteroatoms. The molecule has 0 aromatic heterocycles. The van der Waals surface area contributed by atoms with Gasteiger partial charge in [0, 0.05) is 0 Å². The minimum atomic E-state index is 1.17. The summed E-state index contributed by atoms with van der Waals surface area (Å²) in [5, 5.41) is 0. The number of methoxy groups -OCH3 is 1. The lowest BCUT2D eigenvalue weighted by molar-refractivity contribution is 0.336. The molecule has 0 saturated heterocycles. The molecule has 0 rings (SSSR count). The normalized spacial score (nSPS) is 11.4. The number of rotatable bonds is 21. The maximum atomic E-state index is 4.90. The standard InChI is InChI=1S/C24H48O/c1-3-4-5-6-7-8-9-10-11-12-13-14-15-16-17-18-19-20-21-22-23-24-25-2/h23-24H,3-22H2,1-2H3. The Morgan fingerprint density at radius 1 is 0.480 bits per heavy atom. The Hall–Kier alpha value is -0.460. The maximum absolute atomic E-state index is 4.90. The van der Waals surface area contributed by atoms with Gasteiger partial charge in [-0.05, 0) is 18.9 Å². The summed E-state index contributed by atoms with van der Waals surface area (Å²) in [6.07, 6.45) is 32.6. The molecule has 0 aliphatic carbocycles. The second-order valence-corrected chi connectivity index (χ2v) is 7.76. The molecule has 0 spiro atoms. The van der Waals surface area contributed by atoms with Gasteiger partial charge in [0.05, 0.1) is 13.4 Å². The van der Waals surface area contributed by atoms with Gasteiger partial charge in [0.2, 0.25) is 0 Å². The molecule has 0 aliphatic rings. The fourth-order valence-electron chi connectivity index (χ4n) is 3.50. The van der Waals surface area contributed by atoms with E-state index in [1.165, 1.54) is 128 Å². The molecule has 0 aliphatic heterocycles. The molecule has 0 N–H and O–H groups in total. The minimum absolute atomic E-state index is 1.17. The van der Waals surface area contributed by atoms with Crippen LogP contribution in [-0.4, -0.2) is 7.11 Å². The van der Waals surface area contributed by atoms with Crippen molar-refractivity contribution in [3.63, 3.8) is 0 Å². The van der Waals surface area contributed by atoms with Crippen LogP contribution in [0.5, 0.6) is 0 Å². The zero-order valence-corrected chi connectivity index (χ0v) is 17.7. The number of allylic oxidation sites excluding steroid dienone is 1. The highest BCUT2D eigenvalue weighted by atomic mass is 16.5. The summed E-state index contributed by atoms with van der Waals surface area (Å²) in [5.74, 6) is 0. The van der Waals surface area contributed by atoms with Crippen molar-refractivity contribution in [2.75, 3.05) is 7.11 Å². The molecule has 0 radical (unpaired) electrons. The van der Waals surface area contributed by atoms with Crippen LogP contribution in [0, 0.1) is 0 Å². The first-order valence-corrected chi connectivity index (χ1v) is 11.6. The molecule has 0 heterocycles. The van der Waals surface area contributed by atoms with E-state index in [1.54, 1.807) is 13.4 Å². The highest BCUT2D eigenvalue weighted by Crippen LogP contribution is 2.14. The van der Waals surface area contributed by atoms with Gasteiger partial charge in [-0.1, -0.05) is 122 Å². The van der Waals surface area contributed by atoms with Crippen LogP contribution in [-0.2, 0) is 4.74 Å². The van der Waals surface area contributed by atoms with Crippen molar-refractivity contribution >= 4 is 0 Å². The summed E-state index contributed by atoms with van der Waals surface area (Å²) in [4.78, 5) is 0. The van der Waals surface area contributed by atoms with E-state index in [2.05, 4.69) is 13.0 Å². The molecule has 0 amide bonds. The maximum Gasteiger partial charge on any atom is 0.0784 e. The van der Waals surface area contributed by atoms with Gasteiger partial charge in [-0.2, -0.15) is 0 Å². The van der Waals surface area contributed by atoms with Gasteiger partial charge in [-0.3, -0.25) is 0 Å². The molecule has 0 aromatic rings. The second kappa shape index (κ2) is 23.5. The predicted molar refractivity (Wildman–Crippen MR) is 114 cm³/mol. The van der Waals surface area contributed by atoms with Crippen LogP contribution in [0.1, 0.15) is 135 Å². The third-order valence-corrected chi connectivity index (χ3v) is 5.21. The predicted octanol–water partition coefficient (Wildman–Crippen LogP) is 8.97. The summed E-state index contributed by atoms with van der Waals surface area (Å²) in [6, 6.07) is 0. The van der Waals surface area contributed by atoms with E-state index in [1.807, 2.05) is 0 Å². The van der Waals surface area contributed by atoms with E-state index in [-0.39, 0.29) is 0 Å². The van der Waals surface area contributed by atoms with Gasteiger partial charge < -0.3 is 4.74 Å². The Morgan fingerprint density at radius 3 is 1.12 bits per heavy atom. The lowest BCUT2D eigenvalue weighted by Crippen LogP contribution is -1.84. The van der Waals surface area contributed by atoms with Gasteiger partial charge in [-0.25, -0.2) is 0 Å². The molecule has 0 unspecified atom stereocenters. The number of hydrogen-bond acceptors (Lipinski definition) is 1. The Kier molecular flexibility index (Phi) is 23.1. The SMILES string of the molecule is CCCCCCCCCCCCCCCCCCCCCC=COC. The smallest absolute Gasteiger partial charge is 0.0784 e. The second-order valence-electron chi connectivity index (χ2n) is 7.76. The summed E-state index contributed by atoms with van der Waals surface area (Å²) in [5.41, 5.74) is 0.